The molecule has 10 nitrogen and oxygen atoms in total. The van der Waals surface area contributed by atoms with Crippen molar-refractivity contribution in [3.8, 4) is 0 Å². The largest absolute Gasteiger partial charge is 0.472 e. The molecule has 0 bridgehead atoms. The van der Waals surface area contributed by atoms with E-state index < -0.39 is 40.0 Å². The summed E-state index contributed by atoms with van der Waals surface area (Å²) >= 11 is 0. The number of rotatable bonds is 9. The predicted octanol–water partition coefficient (Wildman–Crippen LogP) is 0.873. The lowest BCUT2D eigenvalue weighted by Gasteiger charge is -2.17. The fraction of sp³-hybridized carbons (Fsp3) is 0.438. The van der Waals surface area contributed by atoms with Crippen LogP contribution in [0, 0.1) is 11.8 Å². The fourth-order valence-corrected chi connectivity index (χ4v) is 3.19. The van der Waals surface area contributed by atoms with Crippen LogP contribution in [0.1, 0.15) is 20.3 Å². The van der Waals surface area contributed by atoms with Crippen molar-refractivity contribution in [3.63, 3.8) is 0 Å². The van der Waals surface area contributed by atoms with Crippen LogP contribution in [-0.4, -0.2) is 39.4 Å². The molecule has 168 valence electrons. The molecule has 2 atom stereocenters. The van der Waals surface area contributed by atoms with Gasteiger partial charge in [0.2, 0.25) is 11.8 Å². The summed E-state index contributed by atoms with van der Waals surface area (Å²) in [5.41, 5.74) is 3.52. The standard InChI is InChI=1S/C16H22F3N5O5S/c1-9(13(25)20-3)8-10(2)14(26)24-30(28,29)23-12-6-4-11(5-7-12)21-22-15(27)16(17,18)19/h4-7,9-10,21,23H,8H2,1-3H3,(H,20,25)(H,22,27)(H,24,26). The number of carbonyl (C=O) groups is 3. The zero-order valence-electron chi connectivity index (χ0n) is 16.3. The third kappa shape index (κ3) is 8.14. The van der Waals surface area contributed by atoms with Crippen LogP contribution in [-0.2, 0) is 24.6 Å². The Kier molecular flexibility index (Phi) is 8.45. The number of alkyl halides is 3. The molecule has 0 spiro atoms. The summed E-state index contributed by atoms with van der Waals surface area (Å²) < 4.78 is 64.4. The highest BCUT2D eigenvalue weighted by molar-refractivity contribution is 7.91. The van der Waals surface area contributed by atoms with Gasteiger partial charge < -0.3 is 5.32 Å². The maximum atomic E-state index is 12.1. The minimum Gasteiger partial charge on any atom is -0.359 e. The highest BCUT2D eigenvalue weighted by Gasteiger charge is 2.38. The maximum Gasteiger partial charge on any atom is 0.472 e. The van der Waals surface area contributed by atoms with Gasteiger partial charge in [0.25, 0.3) is 0 Å². The Labute approximate surface area is 171 Å². The third-order valence-electron chi connectivity index (χ3n) is 3.80. The zero-order valence-corrected chi connectivity index (χ0v) is 17.1. The molecule has 0 saturated heterocycles. The summed E-state index contributed by atoms with van der Waals surface area (Å²) in [7, 11) is -2.84. The molecule has 3 amide bonds. The second kappa shape index (κ2) is 10.1. The van der Waals surface area contributed by atoms with E-state index >= 15 is 0 Å². The van der Waals surface area contributed by atoms with Crippen LogP contribution >= 0.6 is 0 Å². The first-order valence-corrected chi connectivity index (χ1v) is 10.0. The summed E-state index contributed by atoms with van der Waals surface area (Å²) in [6.45, 7) is 3.07. The van der Waals surface area contributed by atoms with E-state index in [-0.39, 0.29) is 23.7 Å². The number of halogens is 3. The predicted molar refractivity (Wildman–Crippen MR) is 102 cm³/mol. The Bertz CT molecular complexity index is 874. The van der Waals surface area contributed by atoms with Gasteiger partial charge in [0, 0.05) is 18.9 Å². The van der Waals surface area contributed by atoms with Crippen molar-refractivity contribution in [1.29, 1.82) is 0 Å². The lowest BCUT2D eigenvalue weighted by Crippen LogP contribution is -2.40. The highest BCUT2D eigenvalue weighted by atomic mass is 32.2. The van der Waals surface area contributed by atoms with Crippen LogP contribution in [0.5, 0.6) is 0 Å². The number of benzene rings is 1. The van der Waals surface area contributed by atoms with Crippen molar-refractivity contribution in [2.75, 3.05) is 17.2 Å². The molecule has 0 aromatic heterocycles. The molecule has 0 saturated carbocycles. The number of carbonyl (C=O) groups excluding carboxylic acids is 3. The number of amides is 3. The molecule has 0 radical (unpaired) electrons. The quantitative estimate of drug-likeness (QED) is 0.351. The summed E-state index contributed by atoms with van der Waals surface area (Å²) in [4.78, 5) is 34.3. The van der Waals surface area contributed by atoms with E-state index in [1.807, 2.05) is 10.1 Å². The molecule has 0 aliphatic heterocycles. The van der Waals surface area contributed by atoms with Gasteiger partial charge in [-0.05, 0) is 30.7 Å². The number of hydrogen-bond acceptors (Lipinski definition) is 6. The summed E-state index contributed by atoms with van der Waals surface area (Å²) in [6.07, 6.45) is -4.93. The molecule has 1 aromatic rings. The molecular weight excluding hydrogens is 431 g/mol. The Morgan fingerprint density at radius 1 is 0.967 bits per heavy atom. The van der Waals surface area contributed by atoms with E-state index in [0.29, 0.717) is 0 Å². The molecule has 2 unspecified atom stereocenters. The first-order chi connectivity index (χ1) is 13.7. The van der Waals surface area contributed by atoms with E-state index in [1.54, 1.807) is 6.92 Å². The van der Waals surface area contributed by atoms with Crippen molar-refractivity contribution >= 4 is 39.3 Å². The SMILES string of the molecule is CNC(=O)C(C)CC(C)C(=O)NS(=O)(=O)Nc1ccc(NNC(=O)C(F)(F)F)cc1. The molecule has 0 fully saturated rings. The normalized spacial score (nSPS) is 13.5. The van der Waals surface area contributed by atoms with Crippen molar-refractivity contribution in [3.05, 3.63) is 24.3 Å². The summed E-state index contributed by atoms with van der Waals surface area (Å²) in [5.74, 6) is -4.56. The lowest BCUT2D eigenvalue weighted by molar-refractivity contribution is -0.173. The van der Waals surface area contributed by atoms with Gasteiger partial charge in [0.05, 0.1) is 11.4 Å². The topological polar surface area (TPSA) is 146 Å². The van der Waals surface area contributed by atoms with E-state index in [0.717, 1.165) is 0 Å². The van der Waals surface area contributed by atoms with Gasteiger partial charge in [0.1, 0.15) is 0 Å². The Morgan fingerprint density at radius 2 is 1.47 bits per heavy atom. The second-order valence-corrected chi connectivity index (χ2v) is 7.79. The number of anilines is 2. The van der Waals surface area contributed by atoms with Gasteiger partial charge in [-0.3, -0.25) is 30.0 Å². The smallest absolute Gasteiger partial charge is 0.359 e. The molecular formula is C16H22F3N5O5S. The number of hydrogen-bond donors (Lipinski definition) is 5. The van der Waals surface area contributed by atoms with Gasteiger partial charge in [-0.1, -0.05) is 13.8 Å². The summed E-state index contributed by atoms with van der Waals surface area (Å²) in [5, 5.41) is 2.43. The van der Waals surface area contributed by atoms with Crippen LogP contribution in [0.15, 0.2) is 24.3 Å². The minimum atomic E-state index is -5.06. The fourth-order valence-electron chi connectivity index (χ4n) is 2.23. The molecule has 1 aromatic carbocycles. The van der Waals surface area contributed by atoms with Crippen LogP contribution in [0.25, 0.3) is 0 Å². The second-order valence-electron chi connectivity index (χ2n) is 6.38. The molecule has 0 heterocycles. The van der Waals surface area contributed by atoms with Gasteiger partial charge >= 0.3 is 22.3 Å². The van der Waals surface area contributed by atoms with E-state index in [2.05, 4.69) is 10.0 Å². The van der Waals surface area contributed by atoms with E-state index in [4.69, 9.17) is 0 Å². The minimum absolute atomic E-state index is 0.00868. The maximum absolute atomic E-state index is 12.1. The third-order valence-corrected chi connectivity index (χ3v) is 4.77. The molecule has 14 heteroatoms. The van der Waals surface area contributed by atoms with Crippen molar-refractivity contribution in [1.82, 2.24) is 15.5 Å². The molecule has 5 N–H and O–H groups in total. The molecule has 0 aliphatic rings. The number of nitrogens with one attached hydrogen (secondary N) is 5. The van der Waals surface area contributed by atoms with Crippen molar-refractivity contribution < 1.29 is 36.0 Å². The van der Waals surface area contributed by atoms with Crippen LogP contribution in [0.4, 0.5) is 24.5 Å². The number of hydrazine groups is 1. The van der Waals surface area contributed by atoms with Crippen LogP contribution in [0.3, 0.4) is 0 Å². The average molecular weight is 453 g/mol. The Balaban J connectivity index is 2.63. The first kappa shape index (κ1) is 25.0. The molecule has 1 rings (SSSR count). The Morgan fingerprint density at radius 3 is 1.97 bits per heavy atom. The van der Waals surface area contributed by atoms with Crippen LogP contribution < -0.4 is 25.6 Å². The molecule has 0 aliphatic carbocycles. The van der Waals surface area contributed by atoms with Crippen molar-refractivity contribution in [2.24, 2.45) is 11.8 Å². The highest BCUT2D eigenvalue weighted by Crippen LogP contribution is 2.17. The summed E-state index contributed by atoms with van der Waals surface area (Å²) in [6, 6.07) is 4.79. The van der Waals surface area contributed by atoms with Gasteiger partial charge in [0.15, 0.2) is 0 Å². The van der Waals surface area contributed by atoms with Crippen molar-refractivity contribution in [2.45, 2.75) is 26.4 Å². The average Bonchev–Trinajstić information content (AvgIpc) is 2.64. The monoisotopic (exact) mass is 453 g/mol. The van der Waals surface area contributed by atoms with Crippen LogP contribution in [0.2, 0.25) is 0 Å². The van der Waals surface area contributed by atoms with Gasteiger partial charge in [-0.25, -0.2) is 4.72 Å². The van der Waals surface area contributed by atoms with Gasteiger partial charge in [-0.15, -0.1) is 0 Å². The zero-order chi connectivity index (χ0) is 23.1. The molecule has 30 heavy (non-hydrogen) atoms. The van der Waals surface area contributed by atoms with E-state index in [1.165, 1.54) is 43.7 Å². The first-order valence-electron chi connectivity index (χ1n) is 8.54. The van der Waals surface area contributed by atoms with E-state index in [9.17, 15) is 36.0 Å². The Hall–Kier alpha value is -3.03. The lowest BCUT2D eigenvalue weighted by atomic mass is 9.96. The van der Waals surface area contributed by atoms with Gasteiger partial charge in [-0.2, -0.15) is 21.6 Å².